The Morgan fingerprint density at radius 1 is 1.19 bits per heavy atom. The lowest BCUT2D eigenvalue weighted by Crippen LogP contribution is -2.56. The first-order chi connectivity index (χ1) is 14.7. The zero-order valence-corrected chi connectivity index (χ0v) is 20.3. The fourth-order valence-electron chi connectivity index (χ4n) is 5.26. The molecule has 5 nitrogen and oxygen atoms in total. The van der Waals surface area contributed by atoms with Crippen molar-refractivity contribution in [1.29, 1.82) is 0 Å². The first kappa shape index (κ1) is 24.3. The maximum absolute atomic E-state index is 12.0. The molecule has 0 aliphatic carbocycles. The van der Waals surface area contributed by atoms with Crippen molar-refractivity contribution in [2.24, 2.45) is 11.8 Å². The highest BCUT2D eigenvalue weighted by molar-refractivity contribution is 6.30. The summed E-state index contributed by atoms with van der Waals surface area (Å²) in [4.78, 5) is 16.8. The number of hydrogen-bond acceptors (Lipinski definition) is 4. The van der Waals surface area contributed by atoms with E-state index in [1.165, 1.54) is 0 Å². The summed E-state index contributed by atoms with van der Waals surface area (Å²) in [6.45, 7) is 13.2. The van der Waals surface area contributed by atoms with Crippen LogP contribution in [-0.2, 0) is 4.79 Å². The number of aryl methyl sites for hydroxylation is 1. The molecule has 2 aliphatic heterocycles. The Hall–Kier alpha value is -1.30. The van der Waals surface area contributed by atoms with Crippen molar-refractivity contribution < 1.29 is 14.6 Å². The summed E-state index contributed by atoms with van der Waals surface area (Å²) < 4.78 is 6.24. The van der Waals surface area contributed by atoms with E-state index in [4.69, 9.17) is 16.3 Å². The van der Waals surface area contributed by atoms with Crippen LogP contribution in [0.3, 0.4) is 0 Å². The van der Waals surface area contributed by atoms with E-state index in [2.05, 4.69) is 23.6 Å². The van der Waals surface area contributed by atoms with E-state index in [-0.39, 0.29) is 6.10 Å². The van der Waals surface area contributed by atoms with E-state index in [0.717, 1.165) is 74.7 Å². The van der Waals surface area contributed by atoms with Gasteiger partial charge in [-0.1, -0.05) is 25.4 Å². The minimum absolute atomic E-state index is 0.269. The number of ether oxygens (including phenoxy) is 1. The van der Waals surface area contributed by atoms with Crippen molar-refractivity contribution in [3.63, 3.8) is 0 Å². The molecule has 0 bridgehead atoms. The van der Waals surface area contributed by atoms with E-state index in [0.29, 0.717) is 18.3 Å². The summed E-state index contributed by atoms with van der Waals surface area (Å²) in [5.74, 6) is 1.29. The van der Waals surface area contributed by atoms with Gasteiger partial charge in [-0.25, -0.2) is 0 Å². The first-order valence-corrected chi connectivity index (χ1v) is 12.2. The summed E-state index contributed by atoms with van der Waals surface area (Å²) in [6, 6.07) is 5.82. The molecule has 2 aliphatic rings. The third-order valence-corrected chi connectivity index (χ3v) is 7.30. The van der Waals surface area contributed by atoms with Gasteiger partial charge in [0.15, 0.2) is 0 Å². The molecule has 174 valence electrons. The topological polar surface area (TPSA) is 53.0 Å². The fraction of sp³-hybridized carbons (Fsp3) is 0.720. The van der Waals surface area contributed by atoms with E-state index < -0.39 is 11.5 Å². The highest BCUT2D eigenvalue weighted by Gasteiger charge is 2.41. The number of aliphatic carboxylic acids is 1. The monoisotopic (exact) mass is 450 g/mol. The molecule has 0 aromatic heterocycles. The van der Waals surface area contributed by atoms with Crippen molar-refractivity contribution in [2.75, 3.05) is 32.7 Å². The Kier molecular flexibility index (Phi) is 8.28. The number of halogens is 1. The molecule has 0 amide bonds. The fourth-order valence-corrected chi connectivity index (χ4v) is 5.48. The molecule has 2 fully saturated rings. The molecule has 1 atom stereocenters. The van der Waals surface area contributed by atoms with Crippen LogP contribution in [0.4, 0.5) is 0 Å². The van der Waals surface area contributed by atoms with Crippen LogP contribution in [0, 0.1) is 18.8 Å². The van der Waals surface area contributed by atoms with Gasteiger partial charge in [-0.3, -0.25) is 9.69 Å². The Balaban J connectivity index is 1.43. The summed E-state index contributed by atoms with van der Waals surface area (Å²) >= 11 is 6.05. The van der Waals surface area contributed by atoms with Gasteiger partial charge in [0.1, 0.15) is 17.4 Å². The smallest absolute Gasteiger partial charge is 0.323 e. The Morgan fingerprint density at radius 3 is 2.39 bits per heavy atom. The molecule has 0 radical (unpaired) electrons. The quantitative estimate of drug-likeness (QED) is 0.597. The van der Waals surface area contributed by atoms with E-state index in [1.807, 2.05) is 32.0 Å². The summed E-state index contributed by atoms with van der Waals surface area (Å²) in [6.07, 6.45) is 5.24. The number of benzene rings is 1. The van der Waals surface area contributed by atoms with Crippen LogP contribution in [0.25, 0.3) is 0 Å². The van der Waals surface area contributed by atoms with Gasteiger partial charge in [0.2, 0.25) is 0 Å². The molecule has 3 rings (SSSR count). The lowest BCUT2D eigenvalue weighted by molar-refractivity contribution is -0.153. The van der Waals surface area contributed by atoms with Crippen LogP contribution >= 0.6 is 11.6 Å². The number of nitrogens with zero attached hydrogens (tertiary/aromatic N) is 2. The van der Waals surface area contributed by atoms with Crippen LogP contribution in [-0.4, -0.2) is 65.2 Å². The van der Waals surface area contributed by atoms with Gasteiger partial charge in [-0.2, -0.15) is 0 Å². The highest BCUT2D eigenvalue weighted by atomic mass is 35.5. The number of carbonyl (C=O) groups is 1. The summed E-state index contributed by atoms with van der Waals surface area (Å²) in [5.41, 5.74) is 0.349. The van der Waals surface area contributed by atoms with Crippen molar-refractivity contribution in [2.45, 2.75) is 71.4 Å². The molecule has 1 aromatic carbocycles. The van der Waals surface area contributed by atoms with Crippen LogP contribution in [0.1, 0.15) is 58.4 Å². The Bertz CT molecular complexity index is 740. The molecular formula is C25H39ClN2O3. The molecule has 1 aromatic rings. The van der Waals surface area contributed by atoms with Crippen LogP contribution in [0.15, 0.2) is 18.2 Å². The first-order valence-electron chi connectivity index (χ1n) is 11.8. The van der Waals surface area contributed by atoms with Crippen LogP contribution in [0.5, 0.6) is 5.75 Å². The minimum atomic E-state index is -0.741. The lowest BCUT2D eigenvalue weighted by atomic mass is 9.85. The largest absolute Gasteiger partial charge is 0.490 e. The molecule has 2 saturated heterocycles. The van der Waals surface area contributed by atoms with Crippen molar-refractivity contribution in [1.82, 2.24) is 9.80 Å². The molecule has 0 saturated carbocycles. The van der Waals surface area contributed by atoms with Gasteiger partial charge < -0.3 is 14.7 Å². The Morgan fingerprint density at radius 2 is 1.84 bits per heavy atom. The molecule has 1 N–H and O–H groups in total. The van der Waals surface area contributed by atoms with Crippen molar-refractivity contribution in [3.05, 3.63) is 28.8 Å². The molecule has 0 spiro atoms. The summed E-state index contributed by atoms with van der Waals surface area (Å²) in [7, 11) is 0. The highest BCUT2D eigenvalue weighted by Crippen LogP contribution is 2.31. The standard InChI is InChI=1S/C25H39ClN2O3/c1-18(2)16-25(4,24(29)30)28-13-7-20(8-14-28)17-27-11-9-22(10-12-27)31-23-6-5-21(26)15-19(23)3/h5-6,15,18,20,22H,7-14,16-17H2,1-4H3,(H,29,30). The minimum Gasteiger partial charge on any atom is -0.490 e. The third-order valence-electron chi connectivity index (χ3n) is 7.06. The van der Waals surface area contributed by atoms with Gasteiger partial charge in [0, 0.05) is 24.7 Å². The predicted molar refractivity (Wildman–Crippen MR) is 126 cm³/mol. The van der Waals surface area contributed by atoms with E-state index >= 15 is 0 Å². The molecular weight excluding hydrogens is 412 g/mol. The zero-order chi connectivity index (χ0) is 22.6. The molecule has 6 heteroatoms. The predicted octanol–water partition coefficient (Wildman–Crippen LogP) is 5.09. The average molecular weight is 451 g/mol. The van der Waals surface area contributed by atoms with E-state index in [9.17, 15) is 9.90 Å². The SMILES string of the molecule is Cc1cc(Cl)ccc1OC1CCN(CC2CCN(C(C)(CC(C)C)C(=O)O)CC2)CC1. The maximum atomic E-state index is 12.0. The second-order valence-electron chi connectivity index (χ2n) is 10.1. The second-order valence-corrected chi connectivity index (χ2v) is 10.6. The normalized spacial score (nSPS) is 21.9. The molecule has 31 heavy (non-hydrogen) atoms. The number of likely N-dealkylation sites (tertiary alicyclic amines) is 2. The number of carboxylic acids is 1. The van der Waals surface area contributed by atoms with Gasteiger partial charge in [0.25, 0.3) is 0 Å². The second kappa shape index (κ2) is 10.5. The number of rotatable bonds is 8. The molecule has 1 unspecified atom stereocenters. The van der Waals surface area contributed by atoms with Crippen LogP contribution in [0.2, 0.25) is 5.02 Å². The number of carboxylic acid groups (broad SMARTS) is 1. The van der Waals surface area contributed by atoms with Crippen molar-refractivity contribution in [3.8, 4) is 5.75 Å². The maximum Gasteiger partial charge on any atom is 0.323 e. The average Bonchev–Trinajstić information content (AvgIpc) is 2.71. The lowest BCUT2D eigenvalue weighted by Gasteiger charge is -2.44. The van der Waals surface area contributed by atoms with Gasteiger partial charge in [-0.05, 0) is 94.6 Å². The Labute approximate surface area is 192 Å². The van der Waals surface area contributed by atoms with Gasteiger partial charge >= 0.3 is 5.97 Å². The van der Waals surface area contributed by atoms with Crippen LogP contribution < -0.4 is 4.74 Å². The zero-order valence-electron chi connectivity index (χ0n) is 19.6. The summed E-state index contributed by atoms with van der Waals surface area (Å²) in [5, 5.41) is 10.6. The van der Waals surface area contributed by atoms with E-state index in [1.54, 1.807) is 0 Å². The van der Waals surface area contributed by atoms with Crippen molar-refractivity contribution >= 4 is 17.6 Å². The third kappa shape index (κ3) is 6.36. The van der Waals surface area contributed by atoms with Gasteiger partial charge in [-0.15, -0.1) is 0 Å². The number of piperidine rings is 2. The molecule has 2 heterocycles. The van der Waals surface area contributed by atoms with Gasteiger partial charge in [0.05, 0.1) is 0 Å². The number of hydrogen-bond donors (Lipinski definition) is 1.